The van der Waals surface area contributed by atoms with Gasteiger partial charge in [-0.05, 0) is 18.1 Å². The van der Waals surface area contributed by atoms with E-state index in [0.717, 1.165) is 24.0 Å². The molecular weight excluding hydrogens is 112 g/mol. The van der Waals surface area contributed by atoms with Crippen LogP contribution in [0.4, 0.5) is 0 Å². The zero-order chi connectivity index (χ0) is 6.69. The highest BCUT2D eigenvalue weighted by Crippen LogP contribution is 2.10. The summed E-state index contributed by atoms with van der Waals surface area (Å²) >= 11 is 0. The molecule has 1 rings (SSSR count). The fourth-order valence-corrected chi connectivity index (χ4v) is 0.739. The van der Waals surface area contributed by atoms with Crippen LogP contribution in [0.3, 0.4) is 0 Å². The van der Waals surface area contributed by atoms with Gasteiger partial charge in [-0.1, -0.05) is 12.7 Å². The van der Waals surface area contributed by atoms with Crippen LogP contribution in [0.5, 0.6) is 0 Å². The normalized spacial score (nSPS) is 21.3. The summed E-state index contributed by atoms with van der Waals surface area (Å²) in [5.74, 6) is 0. The molecule has 0 aliphatic heterocycles. The average molecular weight is 120 g/mol. The molecule has 0 aromatic rings. The minimum absolute atomic E-state index is 0.838. The number of aliphatic imine (C=N–C) groups is 1. The van der Waals surface area contributed by atoms with E-state index in [0.29, 0.717) is 0 Å². The summed E-state index contributed by atoms with van der Waals surface area (Å²) in [6.45, 7) is 3.76. The molecule has 0 amide bonds. The molecule has 0 bridgehead atoms. The predicted molar refractivity (Wildman–Crippen MR) is 39.1 cm³/mol. The van der Waals surface area contributed by atoms with Gasteiger partial charge in [0.15, 0.2) is 0 Å². The van der Waals surface area contributed by atoms with Crippen molar-refractivity contribution >= 4 is 12.1 Å². The molecule has 0 radical (unpaired) electrons. The van der Waals surface area contributed by atoms with E-state index in [1.54, 1.807) is 0 Å². The van der Waals surface area contributed by atoms with Crippen molar-refractivity contribution in [2.45, 2.75) is 6.42 Å². The molecule has 1 N–H and O–H groups in total. The number of nitrogens with zero attached hydrogens (tertiary/aromatic N) is 1. The van der Waals surface area contributed by atoms with Crippen molar-refractivity contribution in [1.82, 2.24) is 0 Å². The van der Waals surface area contributed by atoms with Gasteiger partial charge in [0.05, 0.1) is 5.71 Å². The first-order valence-corrected chi connectivity index (χ1v) is 2.76. The second-order valence-electron chi connectivity index (χ2n) is 1.85. The van der Waals surface area contributed by atoms with Gasteiger partial charge >= 0.3 is 0 Å². The maximum atomic E-state index is 6.67. The van der Waals surface area contributed by atoms with Crippen LogP contribution in [0.1, 0.15) is 6.42 Å². The SMILES string of the molecule is C=C1CC=C/C1=N/C=N. The Morgan fingerprint density at radius 3 is 3.00 bits per heavy atom. The van der Waals surface area contributed by atoms with Gasteiger partial charge in [0.1, 0.15) is 6.34 Å². The summed E-state index contributed by atoms with van der Waals surface area (Å²) in [6, 6.07) is 0. The van der Waals surface area contributed by atoms with Crippen LogP contribution in [0.2, 0.25) is 0 Å². The molecule has 1 aliphatic rings. The van der Waals surface area contributed by atoms with Gasteiger partial charge in [-0.2, -0.15) is 0 Å². The molecule has 2 heteroatoms. The maximum absolute atomic E-state index is 6.67. The van der Waals surface area contributed by atoms with Crippen LogP contribution in [-0.2, 0) is 0 Å². The number of nitrogens with one attached hydrogen (secondary N) is 1. The Labute approximate surface area is 54.1 Å². The summed E-state index contributed by atoms with van der Waals surface area (Å²) in [5.41, 5.74) is 1.84. The Hall–Kier alpha value is -1.18. The van der Waals surface area contributed by atoms with E-state index in [9.17, 15) is 0 Å². The molecule has 0 spiro atoms. The number of allylic oxidation sites excluding steroid dienone is 3. The third-order valence-corrected chi connectivity index (χ3v) is 1.21. The minimum atomic E-state index is 0.838. The first-order valence-electron chi connectivity index (χ1n) is 2.76. The zero-order valence-electron chi connectivity index (χ0n) is 5.09. The molecule has 0 fully saturated rings. The van der Waals surface area contributed by atoms with Gasteiger partial charge < -0.3 is 0 Å². The molecule has 1 aliphatic carbocycles. The van der Waals surface area contributed by atoms with E-state index < -0.39 is 0 Å². The van der Waals surface area contributed by atoms with Gasteiger partial charge in [-0.3, -0.25) is 5.41 Å². The van der Waals surface area contributed by atoms with Crippen LogP contribution in [0.15, 0.2) is 29.3 Å². The molecule has 0 unspecified atom stereocenters. The van der Waals surface area contributed by atoms with Gasteiger partial charge in [-0.25, -0.2) is 4.99 Å². The average Bonchev–Trinajstić information content (AvgIpc) is 2.18. The lowest BCUT2D eigenvalue weighted by Crippen LogP contribution is -1.90. The van der Waals surface area contributed by atoms with Crippen LogP contribution >= 0.6 is 0 Å². The van der Waals surface area contributed by atoms with E-state index in [2.05, 4.69) is 11.6 Å². The Morgan fingerprint density at radius 1 is 1.78 bits per heavy atom. The standard InChI is InChI=1S/C7H8N2/c1-6-3-2-4-7(6)9-5-8/h2,4-5,8H,1,3H2/b8-5?,9-7-. The topological polar surface area (TPSA) is 36.2 Å². The first kappa shape index (κ1) is 5.95. The van der Waals surface area contributed by atoms with Crippen molar-refractivity contribution < 1.29 is 0 Å². The Morgan fingerprint density at radius 2 is 2.56 bits per heavy atom. The summed E-state index contributed by atoms with van der Waals surface area (Å²) in [5, 5.41) is 6.67. The van der Waals surface area contributed by atoms with E-state index in [1.807, 2.05) is 12.2 Å². The lowest BCUT2D eigenvalue weighted by Gasteiger charge is -1.90. The monoisotopic (exact) mass is 120 g/mol. The first-order chi connectivity index (χ1) is 4.34. The Balaban J connectivity index is 2.81. The zero-order valence-corrected chi connectivity index (χ0v) is 5.09. The number of hydrogen-bond donors (Lipinski definition) is 1. The van der Waals surface area contributed by atoms with Crippen LogP contribution < -0.4 is 0 Å². The van der Waals surface area contributed by atoms with Crippen molar-refractivity contribution in [1.29, 1.82) is 5.41 Å². The van der Waals surface area contributed by atoms with E-state index >= 15 is 0 Å². The molecule has 0 heterocycles. The Kier molecular flexibility index (Phi) is 1.58. The van der Waals surface area contributed by atoms with Gasteiger partial charge in [0, 0.05) is 0 Å². The molecule has 9 heavy (non-hydrogen) atoms. The third-order valence-electron chi connectivity index (χ3n) is 1.21. The lowest BCUT2D eigenvalue weighted by atomic mass is 10.2. The van der Waals surface area contributed by atoms with E-state index in [4.69, 9.17) is 5.41 Å². The van der Waals surface area contributed by atoms with Crippen molar-refractivity contribution in [3.63, 3.8) is 0 Å². The molecule has 2 nitrogen and oxygen atoms in total. The van der Waals surface area contributed by atoms with Gasteiger partial charge in [0.25, 0.3) is 0 Å². The predicted octanol–water partition coefficient (Wildman–Crippen LogP) is 1.55. The largest absolute Gasteiger partial charge is 0.290 e. The minimum Gasteiger partial charge on any atom is -0.290 e. The highest BCUT2D eigenvalue weighted by molar-refractivity contribution is 6.12. The van der Waals surface area contributed by atoms with Crippen molar-refractivity contribution in [3.05, 3.63) is 24.3 Å². The molecule has 0 atom stereocenters. The quantitative estimate of drug-likeness (QED) is 0.402. The molecule has 46 valence electrons. The van der Waals surface area contributed by atoms with Crippen LogP contribution in [0.25, 0.3) is 0 Å². The summed E-state index contributed by atoms with van der Waals surface area (Å²) in [4.78, 5) is 3.78. The second kappa shape index (κ2) is 2.40. The smallest absolute Gasteiger partial charge is 0.107 e. The Bertz CT molecular complexity index is 199. The second-order valence-corrected chi connectivity index (χ2v) is 1.85. The molecule has 0 saturated heterocycles. The highest BCUT2D eigenvalue weighted by Gasteiger charge is 2.03. The van der Waals surface area contributed by atoms with Crippen molar-refractivity contribution in [2.75, 3.05) is 0 Å². The number of rotatable bonds is 1. The summed E-state index contributed by atoms with van der Waals surface area (Å²) < 4.78 is 0. The fraction of sp³-hybridized carbons (Fsp3) is 0.143. The number of hydrogen-bond acceptors (Lipinski definition) is 1. The summed E-state index contributed by atoms with van der Waals surface area (Å²) in [7, 11) is 0. The maximum Gasteiger partial charge on any atom is 0.107 e. The van der Waals surface area contributed by atoms with E-state index in [1.165, 1.54) is 0 Å². The van der Waals surface area contributed by atoms with Crippen LogP contribution in [0, 0.1) is 5.41 Å². The highest BCUT2D eigenvalue weighted by atomic mass is 14.8. The summed E-state index contributed by atoms with van der Waals surface area (Å²) in [6.07, 6.45) is 5.79. The molecule has 0 aromatic heterocycles. The molecular formula is C7H8N2. The van der Waals surface area contributed by atoms with Gasteiger partial charge in [0.2, 0.25) is 0 Å². The van der Waals surface area contributed by atoms with E-state index in [-0.39, 0.29) is 0 Å². The fourth-order valence-electron chi connectivity index (χ4n) is 0.739. The van der Waals surface area contributed by atoms with Gasteiger partial charge in [-0.15, -0.1) is 0 Å². The van der Waals surface area contributed by atoms with Crippen molar-refractivity contribution in [2.24, 2.45) is 4.99 Å². The molecule has 0 saturated carbocycles. The lowest BCUT2D eigenvalue weighted by molar-refractivity contribution is 1.38. The third kappa shape index (κ3) is 1.13. The molecule has 0 aromatic carbocycles. The van der Waals surface area contributed by atoms with Crippen LogP contribution in [-0.4, -0.2) is 12.1 Å². The van der Waals surface area contributed by atoms with Crippen molar-refractivity contribution in [3.8, 4) is 0 Å².